The number of aliphatic imine (C=N–C) groups is 1. The number of hydrogen-bond acceptors (Lipinski definition) is 4. The molecule has 1 aliphatic rings. The van der Waals surface area contributed by atoms with Crippen molar-refractivity contribution in [3.63, 3.8) is 0 Å². The van der Waals surface area contributed by atoms with Gasteiger partial charge in [-0.2, -0.15) is 0 Å². The lowest BCUT2D eigenvalue weighted by Crippen LogP contribution is -2.45. The monoisotopic (exact) mass is 417 g/mol. The van der Waals surface area contributed by atoms with Crippen LogP contribution in [0.3, 0.4) is 0 Å². The predicted octanol–water partition coefficient (Wildman–Crippen LogP) is 3.09. The molecule has 3 N–H and O–H groups in total. The minimum absolute atomic E-state index is 0.0667. The molecule has 1 aromatic rings. The molecule has 7 heteroatoms. The number of nitrogens with zero attached hydrogens (tertiary/aromatic N) is 2. The summed E-state index contributed by atoms with van der Waals surface area (Å²) in [5.74, 6) is 2.05. The molecule has 0 aromatic heterocycles. The highest BCUT2D eigenvalue weighted by Gasteiger charge is 2.32. The van der Waals surface area contributed by atoms with E-state index in [2.05, 4.69) is 39.9 Å². The van der Waals surface area contributed by atoms with E-state index in [-0.39, 0.29) is 24.1 Å². The SMILES string of the molecule is CC(C)Oc1ccc(NC(=NCC(=O)NC(C)(C)C)NCC(C2CC2)N(C)C)cc1. The summed E-state index contributed by atoms with van der Waals surface area (Å²) < 4.78 is 5.71. The maximum absolute atomic E-state index is 12.2. The van der Waals surface area contributed by atoms with Crippen LogP contribution >= 0.6 is 0 Å². The number of carbonyl (C=O) groups is 1. The first-order valence-electron chi connectivity index (χ1n) is 10.8. The number of likely N-dealkylation sites (N-methyl/N-ethyl adjacent to an activating group) is 1. The van der Waals surface area contributed by atoms with Crippen molar-refractivity contribution in [3.05, 3.63) is 24.3 Å². The highest BCUT2D eigenvalue weighted by molar-refractivity contribution is 5.95. The Morgan fingerprint density at radius 2 is 1.83 bits per heavy atom. The molecule has 0 aliphatic heterocycles. The summed E-state index contributed by atoms with van der Waals surface area (Å²) in [6, 6.07) is 8.21. The Hall–Kier alpha value is -2.28. The van der Waals surface area contributed by atoms with Gasteiger partial charge in [-0.1, -0.05) is 0 Å². The Bertz CT molecular complexity index is 701. The van der Waals surface area contributed by atoms with Gasteiger partial charge in [0.15, 0.2) is 5.96 Å². The number of benzene rings is 1. The maximum atomic E-state index is 12.2. The first-order chi connectivity index (χ1) is 14.0. The molecule has 1 atom stereocenters. The molecule has 1 unspecified atom stereocenters. The molecule has 168 valence electrons. The Labute approximate surface area is 181 Å². The second-order valence-corrected chi connectivity index (χ2v) is 9.53. The van der Waals surface area contributed by atoms with Crippen LogP contribution in [0.15, 0.2) is 29.3 Å². The van der Waals surface area contributed by atoms with E-state index >= 15 is 0 Å². The van der Waals surface area contributed by atoms with Crippen LogP contribution in [0.5, 0.6) is 5.75 Å². The van der Waals surface area contributed by atoms with Crippen molar-refractivity contribution in [2.24, 2.45) is 10.9 Å². The van der Waals surface area contributed by atoms with Crippen LogP contribution in [0.4, 0.5) is 5.69 Å². The summed E-state index contributed by atoms with van der Waals surface area (Å²) in [6.07, 6.45) is 2.68. The second-order valence-electron chi connectivity index (χ2n) is 9.53. The summed E-state index contributed by atoms with van der Waals surface area (Å²) in [7, 11) is 4.22. The van der Waals surface area contributed by atoms with Gasteiger partial charge in [-0.15, -0.1) is 0 Å². The third-order valence-electron chi connectivity index (χ3n) is 4.69. The quantitative estimate of drug-likeness (QED) is 0.425. The Morgan fingerprint density at radius 1 is 1.20 bits per heavy atom. The fourth-order valence-corrected chi connectivity index (χ4v) is 3.23. The summed E-state index contributed by atoms with van der Waals surface area (Å²) in [4.78, 5) is 19.0. The third-order valence-corrected chi connectivity index (χ3v) is 4.69. The number of nitrogens with one attached hydrogen (secondary N) is 3. The van der Waals surface area contributed by atoms with Crippen LogP contribution < -0.4 is 20.7 Å². The zero-order valence-corrected chi connectivity index (χ0v) is 19.6. The molecule has 0 spiro atoms. The Morgan fingerprint density at radius 3 is 2.33 bits per heavy atom. The van der Waals surface area contributed by atoms with E-state index in [1.165, 1.54) is 12.8 Å². The van der Waals surface area contributed by atoms with E-state index < -0.39 is 0 Å². The molecule has 1 fully saturated rings. The van der Waals surface area contributed by atoms with Crippen LogP contribution in [0.25, 0.3) is 0 Å². The molecule has 1 aliphatic carbocycles. The van der Waals surface area contributed by atoms with Crippen LogP contribution in [-0.2, 0) is 4.79 Å². The fourth-order valence-electron chi connectivity index (χ4n) is 3.23. The smallest absolute Gasteiger partial charge is 0.242 e. The van der Waals surface area contributed by atoms with Crippen LogP contribution in [0.1, 0.15) is 47.5 Å². The Balaban J connectivity index is 2.05. The number of ether oxygens (including phenoxy) is 1. The summed E-state index contributed by atoms with van der Waals surface area (Å²) in [5.41, 5.74) is 0.614. The van der Waals surface area contributed by atoms with E-state index in [0.717, 1.165) is 23.9 Å². The van der Waals surface area contributed by atoms with Crippen molar-refractivity contribution in [2.45, 2.75) is 65.1 Å². The lowest BCUT2D eigenvalue weighted by atomic mass is 10.1. The number of carbonyl (C=O) groups excluding carboxylic acids is 1. The molecule has 1 aromatic carbocycles. The highest BCUT2D eigenvalue weighted by atomic mass is 16.5. The highest BCUT2D eigenvalue weighted by Crippen LogP contribution is 2.34. The fraction of sp³-hybridized carbons (Fsp3) is 0.652. The maximum Gasteiger partial charge on any atom is 0.242 e. The van der Waals surface area contributed by atoms with E-state index in [1.807, 2.05) is 58.9 Å². The van der Waals surface area contributed by atoms with E-state index in [0.29, 0.717) is 12.0 Å². The molecular weight excluding hydrogens is 378 g/mol. The van der Waals surface area contributed by atoms with Crippen molar-refractivity contribution in [1.82, 2.24) is 15.5 Å². The van der Waals surface area contributed by atoms with Gasteiger partial charge in [-0.25, -0.2) is 4.99 Å². The first kappa shape index (κ1) is 24.0. The van der Waals surface area contributed by atoms with Crippen molar-refractivity contribution < 1.29 is 9.53 Å². The van der Waals surface area contributed by atoms with Crippen LogP contribution in [-0.4, -0.2) is 61.6 Å². The zero-order chi connectivity index (χ0) is 22.3. The van der Waals surface area contributed by atoms with E-state index in [4.69, 9.17) is 4.74 Å². The standard InChI is InChI=1S/C23H39N5O2/c1-16(2)30-19-12-10-18(11-13-19)26-22(25-15-21(29)27-23(3,4)5)24-14-20(28(6)7)17-8-9-17/h10-13,16-17,20H,8-9,14-15H2,1-7H3,(H,27,29)(H2,24,25,26). The number of rotatable bonds is 9. The lowest BCUT2D eigenvalue weighted by molar-refractivity contribution is -0.121. The minimum atomic E-state index is -0.276. The predicted molar refractivity (Wildman–Crippen MR) is 124 cm³/mol. The van der Waals surface area contributed by atoms with Gasteiger partial charge in [0.25, 0.3) is 0 Å². The number of hydrogen-bond donors (Lipinski definition) is 3. The van der Waals surface area contributed by atoms with Crippen molar-refractivity contribution in [3.8, 4) is 5.75 Å². The first-order valence-corrected chi connectivity index (χ1v) is 10.8. The average Bonchev–Trinajstić information content (AvgIpc) is 3.44. The normalized spacial score (nSPS) is 15.8. The zero-order valence-electron chi connectivity index (χ0n) is 19.6. The van der Waals surface area contributed by atoms with Gasteiger partial charge >= 0.3 is 0 Å². The van der Waals surface area contributed by atoms with E-state index in [1.54, 1.807) is 0 Å². The summed E-state index contributed by atoms with van der Waals surface area (Å²) >= 11 is 0. The average molecular weight is 418 g/mol. The molecule has 7 nitrogen and oxygen atoms in total. The Kier molecular flexibility index (Phi) is 8.53. The van der Waals surface area contributed by atoms with Gasteiger partial charge in [0.2, 0.25) is 5.91 Å². The molecule has 0 bridgehead atoms. The van der Waals surface area contributed by atoms with E-state index in [9.17, 15) is 4.79 Å². The topological polar surface area (TPSA) is 78.0 Å². The molecule has 0 radical (unpaired) electrons. The van der Waals surface area contributed by atoms with Gasteiger partial charge in [-0.3, -0.25) is 4.79 Å². The molecule has 0 saturated heterocycles. The molecule has 1 amide bonds. The van der Waals surface area contributed by atoms with Gasteiger partial charge in [0, 0.05) is 23.8 Å². The number of guanidine groups is 1. The molecule has 1 saturated carbocycles. The number of anilines is 1. The van der Waals surface area contributed by atoms with Gasteiger partial charge in [0.05, 0.1) is 6.10 Å². The largest absolute Gasteiger partial charge is 0.491 e. The van der Waals surface area contributed by atoms with Crippen molar-refractivity contribution >= 4 is 17.6 Å². The lowest BCUT2D eigenvalue weighted by Gasteiger charge is -2.25. The van der Waals surface area contributed by atoms with Gasteiger partial charge in [-0.05, 0) is 91.7 Å². The molecular formula is C23H39N5O2. The second kappa shape index (κ2) is 10.7. The molecule has 30 heavy (non-hydrogen) atoms. The van der Waals surface area contributed by atoms with Gasteiger partial charge in [0.1, 0.15) is 12.3 Å². The number of amides is 1. The summed E-state index contributed by atoms with van der Waals surface area (Å²) in [6.45, 7) is 10.7. The van der Waals surface area contributed by atoms with Gasteiger partial charge < -0.3 is 25.6 Å². The van der Waals surface area contributed by atoms with Crippen molar-refractivity contribution in [2.75, 3.05) is 32.5 Å². The molecule has 2 rings (SSSR count). The van der Waals surface area contributed by atoms with Crippen LogP contribution in [0.2, 0.25) is 0 Å². The third kappa shape index (κ3) is 9.03. The molecule has 0 heterocycles. The van der Waals surface area contributed by atoms with Crippen molar-refractivity contribution in [1.29, 1.82) is 0 Å². The minimum Gasteiger partial charge on any atom is -0.491 e. The summed E-state index contributed by atoms with van der Waals surface area (Å²) in [5, 5.41) is 9.69. The van der Waals surface area contributed by atoms with Crippen LogP contribution in [0, 0.1) is 5.92 Å².